The van der Waals surface area contributed by atoms with E-state index in [1.54, 1.807) is 19.1 Å². The van der Waals surface area contributed by atoms with Crippen molar-refractivity contribution in [1.29, 1.82) is 0 Å². The summed E-state index contributed by atoms with van der Waals surface area (Å²) in [4.78, 5) is 12.4. The van der Waals surface area contributed by atoms with Crippen molar-refractivity contribution in [2.75, 3.05) is 0 Å². The normalized spacial score (nSPS) is 13.8. The number of carbonyl (C=O) groups excluding carboxylic acids is 1. The maximum Gasteiger partial charge on any atom is 0.241 e. The highest BCUT2D eigenvalue weighted by atomic mass is 32.2. The molecule has 0 spiro atoms. The lowest BCUT2D eigenvalue weighted by Gasteiger charge is -2.18. The van der Waals surface area contributed by atoms with Crippen LogP contribution in [0.25, 0.3) is 0 Å². The lowest BCUT2D eigenvalue weighted by molar-refractivity contribution is -0.123. The quantitative estimate of drug-likeness (QED) is 0.746. The van der Waals surface area contributed by atoms with Gasteiger partial charge < -0.3 is 5.32 Å². The minimum absolute atomic E-state index is 0.0472. The molecule has 1 amide bonds. The van der Waals surface area contributed by atoms with E-state index in [0.29, 0.717) is 0 Å². The largest absolute Gasteiger partial charge is 0.352 e. The average Bonchev–Trinajstić information content (AvgIpc) is 2.61. The molecule has 2 N–H and O–H groups in total. The Morgan fingerprint density at radius 2 is 1.62 bits per heavy atom. The first kappa shape index (κ1) is 20.1. The van der Waals surface area contributed by atoms with Gasteiger partial charge in [-0.3, -0.25) is 4.79 Å². The molecule has 5 nitrogen and oxygen atoms in total. The van der Waals surface area contributed by atoms with Crippen LogP contribution in [-0.4, -0.2) is 26.4 Å². The highest BCUT2D eigenvalue weighted by Crippen LogP contribution is 2.11. The van der Waals surface area contributed by atoms with Crippen molar-refractivity contribution in [1.82, 2.24) is 10.0 Å². The van der Waals surface area contributed by atoms with Gasteiger partial charge in [0.15, 0.2) is 0 Å². The summed E-state index contributed by atoms with van der Waals surface area (Å²) >= 11 is 0. The minimum atomic E-state index is -3.72. The van der Waals surface area contributed by atoms with E-state index in [0.717, 1.165) is 18.4 Å². The third-order valence-corrected chi connectivity index (χ3v) is 5.71. The van der Waals surface area contributed by atoms with Gasteiger partial charge in [-0.1, -0.05) is 48.0 Å². The topological polar surface area (TPSA) is 75.3 Å². The van der Waals surface area contributed by atoms with Gasteiger partial charge in [0.2, 0.25) is 15.9 Å². The summed E-state index contributed by atoms with van der Waals surface area (Å²) in [6, 6.07) is 15.7. The molecule has 2 aromatic rings. The van der Waals surface area contributed by atoms with Gasteiger partial charge in [-0.25, -0.2) is 8.42 Å². The molecule has 0 saturated carbocycles. The van der Waals surface area contributed by atoms with E-state index in [2.05, 4.69) is 10.0 Å². The van der Waals surface area contributed by atoms with E-state index in [1.165, 1.54) is 17.7 Å². The van der Waals surface area contributed by atoms with Crippen LogP contribution in [-0.2, 0) is 21.2 Å². The van der Waals surface area contributed by atoms with Gasteiger partial charge in [-0.15, -0.1) is 0 Å². The van der Waals surface area contributed by atoms with Crippen molar-refractivity contribution in [3.63, 3.8) is 0 Å². The maximum absolute atomic E-state index is 12.4. The molecular formula is C20H26N2O3S. The first-order valence-electron chi connectivity index (χ1n) is 8.71. The number of benzene rings is 2. The third-order valence-electron chi connectivity index (χ3n) is 4.15. The Morgan fingerprint density at radius 3 is 2.23 bits per heavy atom. The molecule has 0 radical (unpaired) electrons. The van der Waals surface area contributed by atoms with Crippen LogP contribution in [0.5, 0.6) is 0 Å². The number of rotatable bonds is 8. The van der Waals surface area contributed by atoms with Crippen molar-refractivity contribution in [3.8, 4) is 0 Å². The fourth-order valence-corrected chi connectivity index (χ4v) is 3.74. The molecule has 0 unspecified atom stereocenters. The van der Waals surface area contributed by atoms with Crippen molar-refractivity contribution < 1.29 is 13.2 Å². The molecule has 26 heavy (non-hydrogen) atoms. The molecule has 6 heteroatoms. The zero-order valence-corrected chi connectivity index (χ0v) is 16.2. The van der Waals surface area contributed by atoms with E-state index in [4.69, 9.17) is 0 Å². The molecule has 2 aromatic carbocycles. The fraction of sp³-hybridized carbons (Fsp3) is 0.350. The predicted octanol–water partition coefficient (Wildman–Crippen LogP) is 2.80. The molecule has 0 fully saturated rings. The second-order valence-electron chi connectivity index (χ2n) is 6.59. The second kappa shape index (κ2) is 8.96. The maximum atomic E-state index is 12.4. The molecule has 0 saturated heterocycles. The lowest BCUT2D eigenvalue weighted by Crippen LogP contribution is -2.47. The molecule has 0 aliphatic carbocycles. The smallest absolute Gasteiger partial charge is 0.241 e. The standard InChI is InChI=1S/C20H26N2O3S/c1-15-9-13-19(14-10-15)26(24,25)22-17(3)20(23)21-16(2)11-12-18-7-5-4-6-8-18/h4-10,13-14,16-17,22H,11-12H2,1-3H3,(H,21,23)/t16-,17+/m1/s1. The number of carbonyl (C=O) groups is 1. The monoisotopic (exact) mass is 374 g/mol. The van der Waals surface area contributed by atoms with Crippen LogP contribution in [0.1, 0.15) is 31.4 Å². The Bertz CT molecular complexity index is 818. The zero-order chi connectivity index (χ0) is 19.2. The third kappa shape index (κ3) is 5.97. The Labute approximate surface area is 155 Å². The van der Waals surface area contributed by atoms with Crippen LogP contribution in [0.3, 0.4) is 0 Å². The number of amides is 1. The average molecular weight is 375 g/mol. The Kier molecular flexibility index (Phi) is 6.94. The Hall–Kier alpha value is -2.18. The number of hydrogen-bond acceptors (Lipinski definition) is 3. The summed E-state index contributed by atoms with van der Waals surface area (Å²) in [6.07, 6.45) is 1.64. The number of aryl methyl sites for hydroxylation is 2. The van der Waals surface area contributed by atoms with Crippen molar-refractivity contribution >= 4 is 15.9 Å². The summed E-state index contributed by atoms with van der Waals surface area (Å²) in [6.45, 7) is 5.35. The number of hydrogen-bond donors (Lipinski definition) is 2. The van der Waals surface area contributed by atoms with Crippen molar-refractivity contribution in [3.05, 3.63) is 65.7 Å². The van der Waals surface area contributed by atoms with Crippen LogP contribution >= 0.6 is 0 Å². The SMILES string of the molecule is Cc1ccc(S(=O)(=O)N[C@@H](C)C(=O)N[C@H](C)CCc2ccccc2)cc1. The van der Waals surface area contributed by atoms with Crippen LogP contribution in [0.15, 0.2) is 59.5 Å². The van der Waals surface area contributed by atoms with Gasteiger partial charge in [-0.2, -0.15) is 4.72 Å². The molecule has 0 aliphatic rings. The van der Waals surface area contributed by atoms with Crippen molar-refractivity contribution in [2.45, 2.75) is 50.6 Å². The molecule has 0 heterocycles. The highest BCUT2D eigenvalue weighted by molar-refractivity contribution is 7.89. The van der Waals surface area contributed by atoms with Crippen LogP contribution < -0.4 is 10.0 Å². The van der Waals surface area contributed by atoms with Crippen LogP contribution in [0.2, 0.25) is 0 Å². The predicted molar refractivity (Wildman–Crippen MR) is 103 cm³/mol. The van der Waals surface area contributed by atoms with E-state index in [9.17, 15) is 13.2 Å². The van der Waals surface area contributed by atoms with E-state index in [1.807, 2.05) is 44.2 Å². The molecular weight excluding hydrogens is 348 g/mol. The highest BCUT2D eigenvalue weighted by Gasteiger charge is 2.22. The molecule has 2 atom stereocenters. The van der Waals surface area contributed by atoms with Gasteiger partial charge in [-0.05, 0) is 51.3 Å². The lowest BCUT2D eigenvalue weighted by atomic mass is 10.1. The summed E-state index contributed by atoms with van der Waals surface area (Å²) in [5.41, 5.74) is 2.18. The first-order chi connectivity index (χ1) is 12.3. The van der Waals surface area contributed by atoms with E-state index < -0.39 is 16.1 Å². The summed E-state index contributed by atoms with van der Waals surface area (Å²) < 4.78 is 27.2. The molecule has 0 aliphatic heterocycles. The van der Waals surface area contributed by atoms with Crippen LogP contribution in [0.4, 0.5) is 0 Å². The second-order valence-corrected chi connectivity index (χ2v) is 8.30. The Morgan fingerprint density at radius 1 is 1.00 bits per heavy atom. The molecule has 0 aromatic heterocycles. The van der Waals surface area contributed by atoms with Crippen molar-refractivity contribution in [2.24, 2.45) is 0 Å². The van der Waals surface area contributed by atoms with E-state index >= 15 is 0 Å². The van der Waals surface area contributed by atoms with Gasteiger partial charge in [0.1, 0.15) is 0 Å². The number of nitrogens with one attached hydrogen (secondary N) is 2. The molecule has 0 bridgehead atoms. The summed E-state index contributed by atoms with van der Waals surface area (Å²) in [7, 11) is -3.72. The van der Waals surface area contributed by atoms with E-state index in [-0.39, 0.29) is 16.8 Å². The van der Waals surface area contributed by atoms with Gasteiger partial charge in [0.25, 0.3) is 0 Å². The fourth-order valence-electron chi connectivity index (χ4n) is 2.54. The van der Waals surface area contributed by atoms with Crippen LogP contribution in [0, 0.1) is 6.92 Å². The van der Waals surface area contributed by atoms with Gasteiger partial charge in [0, 0.05) is 6.04 Å². The summed E-state index contributed by atoms with van der Waals surface area (Å²) in [5, 5.41) is 2.87. The number of sulfonamides is 1. The minimum Gasteiger partial charge on any atom is -0.352 e. The summed E-state index contributed by atoms with van der Waals surface area (Å²) in [5.74, 6) is -0.332. The van der Waals surface area contributed by atoms with Gasteiger partial charge in [0.05, 0.1) is 10.9 Å². The molecule has 2 rings (SSSR count). The van der Waals surface area contributed by atoms with Gasteiger partial charge >= 0.3 is 0 Å². The Balaban J connectivity index is 1.87. The zero-order valence-electron chi connectivity index (χ0n) is 15.4. The molecule has 140 valence electrons. The first-order valence-corrected chi connectivity index (χ1v) is 10.2.